The summed E-state index contributed by atoms with van der Waals surface area (Å²) in [6, 6.07) is 5.95. The maximum atomic E-state index is 5.77. The van der Waals surface area contributed by atoms with E-state index in [-0.39, 0.29) is 0 Å². The molecular formula is C13H12N2O. The largest absolute Gasteiger partial charge is 0.487 e. The Kier molecular flexibility index (Phi) is 1.86. The van der Waals surface area contributed by atoms with Gasteiger partial charge in [-0.2, -0.15) is 0 Å². The maximum absolute atomic E-state index is 5.77. The number of aryl methyl sites for hydroxylation is 1. The van der Waals surface area contributed by atoms with Gasteiger partial charge >= 0.3 is 0 Å². The van der Waals surface area contributed by atoms with Crippen LogP contribution in [0.1, 0.15) is 11.1 Å². The van der Waals surface area contributed by atoms with Crippen molar-refractivity contribution in [2.24, 2.45) is 0 Å². The van der Waals surface area contributed by atoms with Gasteiger partial charge in [0.05, 0.1) is 6.20 Å². The lowest BCUT2D eigenvalue weighted by molar-refractivity contribution is 0.301. The second kappa shape index (κ2) is 3.23. The lowest BCUT2D eigenvalue weighted by Crippen LogP contribution is -2.07. The number of hydrogen-bond donors (Lipinski definition) is 1. The van der Waals surface area contributed by atoms with Gasteiger partial charge in [-0.1, -0.05) is 6.07 Å². The average Bonchev–Trinajstić information content (AvgIpc) is 2.29. The third-order valence-corrected chi connectivity index (χ3v) is 2.88. The van der Waals surface area contributed by atoms with Crippen LogP contribution in [-0.4, -0.2) is 4.98 Å². The molecule has 16 heavy (non-hydrogen) atoms. The molecule has 0 atom stereocenters. The Balaban J connectivity index is 2.30. The Hall–Kier alpha value is -2.03. The fraction of sp³-hybridized carbons (Fsp3) is 0.154. The molecule has 0 aliphatic carbocycles. The number of nitrogens with two attached hydrogens (primary N) is 1. The summed E-state index contributed by atoms with van der Waals surface area (Å²) in [5.74, 6) is 0.859. The van der Waals surface area contributed by atoms with Crippen molar-refractivity contribution in [1.29, 1.82) is 0 Å². The summed E-state index contributed by atoms with van der Waals surface area (Å²) in [5.41, 5.74) is 11.2. The second-order valence-corrected chi connectivity index (χ2v) is 4.03. The van der Waals surface area contributed by atoms with Gasteiger partial charge < -0.3 is 10.5 Å². The lowest BCUT2D eigenvalue weighted by atomic mass is 9.94. The number of nitrogen functional groups attached to an aromatic ring is 1. The summed E-state index contributed by atoms with van der Waals surface area (Å²) in [7, 11) is 0. The topological polar surface area (TPSA) is 48.1 Å². The molecule has 1 aromatic carbocycles. The van der Waals surface area contributed by atoms with E-state index in [1.54, 1.807) is 6.20 Å². The molecule has 3 rings (SSSR count). The first-order valence-corrected chi connectivity index (χ1v) is 5.22. The zero-order chi connectivity index (χ0) is 11.1. The van der Waals surface area contributed by atoms with Crippen LogP contribution in [0.5, 0.6) is 5.75 Å². The Morgan fingerprint density at radius 2 is 2.19 bits per heavy atom. The van der Waals surface area contributed by atoms with Crippen molar-refractivity contribution in [1.82, 2.24) is 4.98 Å². The lowest BCUT2D eigenvalue weighted by Gasteiger charge is -2.22. The quantitative estimate of drug-likeness (QED) is 0.682. The van der Waals surface area contributed by atoms with Gasteiger partial charge in [0.2, 0.25) is 0 Å². The van der Waals surface area contributed by atoms with E-state index >= 15 is 0 Å². The summed E-state index contributed by atoms with van der Waals surface area (Å²) in [5, 5.41) is 0. The average molecular weight is 212 g/mol. The van der Waals surface area contributed by atoms with E-state index in [1.165, 1.54) is 5.56 Å². The van der Waals surface area contributed by atoms with E-state index in [4.69, 9.17) is 10.5 Å². The van der Waals surface area contributed by atoms with Gasteiger partial charge in [0.1, 0.15) is 12.4 Å². The van der Waals surface area contributed by atoms with Crippen molar-refractivity contribution in [3.8, 4) is 16.9 Å². The van der Waals surface area contributed by atoms with Crippen LogP contribution in [0.25, 0.3) is 11.1 Å². The molecule has 1 aromatic heterocycles. The number of aromatic nitrogens is 1. The molecule has 1 aliphatic rings. The highest BCUT2D eigenvalue weighted by Gasteiger charge is 2.19. The summed E-state index contributed by atoms with van der Waals surface area (Å²) in [6.45, 7) is 2.61. The zero-order valence-electron chi connectivity index (χ0n) is 9.03. The number of benzene rings is 1. The van der Waals surface area contributed by atoms with E-state index in [9.17, 15) is 0 Å². The van der Waals surface area contributed by atoms with Crippen LogP contribution in [0, 0.1) is 6.92 Å². The summed E-state index contributed by atoms with van der Waals surface area (Å²) in [4.78, 5) is 4.14. The predicted octanol–water partition coefficient (Wildman–Crippen LogP) is 2.53. The monoisotopic (exact) mass is 212 g/mol. The van der Waals surface area contributed by atoms with Gasteiger partial charge in [-0.15, -0.1) is 0 Å². The predicted molar refractivity (Wildman–Crippen MR) is 63.2 cm³/mol. The van der Waals surface area contributed by atoms with Crippen LogP contribution in [0.15, 0.2) is 30.6 Å². The number of nitrogens with zero attached hydrogens (tertiary/aromatic N) is 1. The summed E-state index contributed by atoms with van der Waals surface area (Å²) in [6.07, 6.45) is 3.62. The molecule has 0 radical (unpaired) electrons. The molecule has 0 bridgehead atoms. The number of rotatable bonds is 0. The van der Waals surface area contributed by atoms with E-state index in [0.717, 1.165) is 28.1 Å². The Bertz CT molecular complexity index is 564. The maximum Gasteiger partial charge on any atom is 0.146 e. The van der Waals surface area contributed by atoms with Crippen LogP contribution in [0.4, 0.5) is 5.69 Å². The van der Waals surface area contributed by atoms with Crippen molar-refractivity contribution in [2.45, 2.75) is 13.5 Å². The van der Waals surface area contributed by atoms with E-state index in [2.05, 4.69) is 11.1 Å². The Morgan fingerprint density at radius 1 is 1.31 bits per heavy atom. The van der Waals surface area contributed by atoms with Crippen molar-refractivity contribution in [3.05, 3.63) is 41.7 Å². The smallest absolute Gasteiger partial charge is 0.146 e. The fourth-order valence-electron chi connectivity index (χ4n) is 2.13. The van der Waals surface area contributed by atoms with E-state index in [1.807, 2.05) is 25.3 Å². The zero-order valence-corrected chi connectivity index (χ0v) is 9.03. The van der Waals surface area contributed by atoms with Gasteiger partial charge in [0, 0.05) is 17.4 Å². The first kappa shape index (κ1) is 9.21. The number of fused-ring (bicyclic) bond motifs is 3. The number of ether oxygens (including phenoxy) is 1. The Morgan fingerprint density at radius 3 is 3.06 bits per heavy atom. The molecule has 0 fully saturated rings. The molecule has 0 spiro atoms. The number of hydrogen-bond acceptors (Lipinski definition) is 3. The van der Waals surface area contributed by atoms with Crippen molar-refractivity contribution >= 4 is 5.69 Å². The van der Waals surface area contributed by atoms with Gasteiger partial charge in [-0.3, -0.25) is 4.98 Å². The molecular weight excluding hydrogens is 200 g/mol. The number of anilines is 1. The van der Waals surface area contributed by atoms with Crippen molar-refractivity contribution in [3.63, 3.8) is 0 Å². The normalized spacial score (nSPS) is 12.6. The third kappa shape index (κ3) is 1.25. The molecule has 80 valence electrons. The van der Waals surface area contributed by atoms with Crippen LogP contribution >= 0.6 is 0 Å². The molecule has 2 aromatic rings. The molecule has 3 nitrogen and oxygen atoms in total. The van der Waals surface area contributed by atoms with E-state index < -0.39 is 0 Å². The van der Waals surface area contributed by atoms with Crippen LogP contribution in [0.2, 0.25) is 0 Å². The van der Waals surface area contributed by atoms with E-state index in [0.29, 0.717) is 6.61 Å². The van der Waals surface area contributed by atoms with Gasteiger partial charge in [-0.05, 0) is 35.7 Å². The van der Waals surface area contributed by atoms with Crippen LogP contribution < -0.4 is 10.5 Å². The minimum atomic E-state index is 0.568. The first-order chi connectivity index (χ1) is 7.75. The molecule has 2 heterocycles. The third-order valence-electron chi connectivity index (χ3n) is 2.88. The second-order valence-electron chi connectivity index (χ2n) is 4.03. The molecule has 0 saturated heterocycles. The first-order valence-electron chi connectivity index (χ1n) is 5.22. The highest BCUT2D eigenvalue weighted by molar-refractivity contribution is 5.78. The summed E-state index contributed by atoms with van der Waals surface area (Å²) < 4.78 is 5.67. The Labute approximate surface area is 93.9 Å². The highest BCUT2D eigenvalue weighted by Crippen LogP contribution is 2.39. The standard InChI is InChI=1S/C13H12N2O/c1-8-5-15-6-12-13(8)11-3-2-10(14)4-9(11)7-16-12/h2-6H,7,14H2,1H3. The van der Waals surface area contributed by atoms with Crippen molar-refractivity contribution < 1.29 is 4.74 Å². The number of pyridine rings is 1. The van der Waals surface area contributed by atoms with Crippen LogP contribution in [0.3, 0.4) is 0 Å². The minimum absolute atomic E-state index is 0.568. The molecule has 1 aliphatic heterocycles. The van der Waals surface area contributed by atoms with Gasteiger partial charge in [-0.25, -0.2) is 0 Å². The fourth-order valence-corrected chi connectivity index (χ4v) is 2.13. The molecule has 0 amide bonds. The van der Waals surface area contributed by atoms with Crippen LogP contribution in [-0.2, 0) is 6.61 Å². The molecule has 0 unspecified atom stereocenters. The minimum Gasteiger partial charge on any atom is -0.487 e. The SMILES string of the molecule is Cc1cncc2c1-c1ccc(N)cc1CO2. The van der Waals surface area contributed by atoms with Gasteiger partial charge in [0.15, 0.2) is 0 Å². The summed E-state index contributed by atoms with van der Waals surface area (Å²) >= 11 is 0. The highest BCUT2D eigenvalue weighted by atomic mass is 16.5. The molecule has 2 N–H and O–H groups in total. The molecule has 0 saturated carbocycles. The van der Waals surface area contributed by atoms with Gasteiger partial charge in [0.25, 0.3) is 0 Å². The molecule has 3 heteroatoms. The van der Waals surface area contributed by atoms with Crippen molar-refractivity contribution in [2.75, 3.05) is 5.73 Å².